The zero-order valence-electron chi connectivity index (χ0n) is 11.2. The number of rotatable bonds is 7. The SMILES string of the molecule is CCC(C)C(=O)OC(C)CC(O)(CC)CC. The van der Waals surface area contributed by atoms with Crippen molar-refractivity contribution in [1.82, 2.24) is 0 Å². The topological polar surface area (TPSA) is 46.5 Å². The number of aliphatic hydroxyl groups is 1. The summed E-state index contributed by atoms with van der Waals surface area (Å²) in [5, 5.41) is 10.1. The van der Waals surface area contributed by atoms with E-state index in [0.717, 1.165) is 6.42 Å². The fourth-order valence-corrected chi connectivity index (χ4v) is 1.60. The molecule has 0 aliphatic heterocycles. The van der Waals surface area contributed by atoms with Crippen molar-refractivity contribution < 1.29 is 14.6 Å². The first kappa shape index (κ1) is 15.4. The average molecular weight is 230 g/mol. The summed E-state index contributed by atoms with van der Waals surface area (Å²) >= 11 is 0. The van der Waals surface area contributed by atoms with Gasteiger partial charge < -0.3 is 9.84 Å². The highest BCUT2D eigenvalue weighted by molar-refractivity contribution is 5.72. The zero-order chi connectivity index (χ0) is 12.8. The van der Waals surface area contributed by atoms with Crippen LogP contribution in [-0.4, -0.2) is 22.8 Å². The molecule has 0 aromatic rings. The zero-order valence-corrected chi connectivity index (χ0v) is 11.2. The van der Waals surface area contributed by atoms with E-state index in [4.69, 9.17) is 4.74 Å². The van der Waals surface area contributed by atoms with Gasteiger partial charge in [-0.05, 0) is 26.2 Å². The summed E-state index contributed by atoms with van der Waals surface area (Å²) in [6, 6.07) is 0. The van der Waals surface area contributed by atoms with Crippen molar-refractivity contribution >= 4 is 5.97 Å². The molecule has 0 heterocycles. The minimum atomic E-state index is -0.699. The third kappa shape index (κ3) is 4.97. The summed E-state index contributed by atoms with van der Waals surface area (Å²) in [6.07, 6.45) is 2.47. The van der Waals surface area contributed by atoms with Gasteiger partial charge in [-0.1, -0.05) is 27.7 Å². The molecule has 0 amide bonds. The summed E-state index contributed by atoms with van der Waals surface area (Å²) < 4.78 is 5.30. The van der Waals surface area contributed by atoms with E-state index in [1.165, 1.54) is 0 Å². The molecule has 0 bridgehead atoms. The smallest absolute Gasteiger partial charge is 0.308 e. The lowest BCUT2D eigenvalue weighted by atomic mass is 9.91. The van der Waals surface area contributed by atoms with Crippen LogP contribution in [0.1, 0.15) is 60.3 Å². The van der Waals surface area contributed by atoms with Gasteiger partial charge in [-0.25, -0.2) is 0 Å². The van der Waals surface area contributed by atoms with Crippen LogP contribution in [0.5, 0.6) is 0 Å². The van der Waals surface area contributed by atoms with Crippen LogP contribution in [0, 0.1) is 5.92 Å². The minimum absolute atomic E-state index is 0.0567. The molecule has 0 aromatic carbocycles. The Hall–Kier alpha value is -0.570. The number of carbonyl (C=O) groups excluding carboxylic acids is 1. The molecule has 0 saturated carbocycles. The molecule has 1 N–H and O–H groups in total. The summed E-state index contributed by atoms with van der Waals surface area (Å²) in [4.78, 5) is 11.5. The van der Waals surface area contributed by atoms with Crippen molar-refractivity contribution in [3.05, 3.63) is 0 Å². The van der Waals surface area contributed by atoms with E-state index in [0.29, 0.717) is 19.3 Å². The molecule has 0 aliphatic rings. The van der Waals surface area contributed by atoms with E-state index in [2.05, 4.69) is 0 Å². The second-order valence-corrected chi connectivity index (χ2v) is 4.69. The molecule has 16 heavy (non-hydrogen) atoms. The Kier molecular flexibility index (Phi) is 6.65. The number of hydrogen-bond donors (Lipinski definition) is 1. The number of esters is 1. The lowest BCUT2D eigenvalue weighted by Gasteiger charge is -2.28. The number of hydrogen-bond acceptors (Lipinski definition) is 3. The third-order valence-corrected chi connectivity index (χ3v) is 3.32. The van der Waals surface area contributed by atoms with E-state index in [9.17, 15) is 9.90 Å². The second-order valence-electron chi connectivity index (χ2n) is 4.69. The Labute approximate surface area is 99.2 Å². The van der Waals surface area contributed by atoms with Gasteiger partial charge in [-0.15, -0.1) is 0 Å². The van der Waals surface area contributed by atoms with Crippen LogP contribution in [0.3, 0.4) is 0 Å². The summed E-state index contributed by atoms with van der Waals surface area (Å²) in [6.45, 7) is 9.57. The van der Waals surface area contributed by atoms with Crippen LogP contribution >= 0.6 is 0 Å². The van der Waals surface area contributed by atoms with Crippen LogP contribution in [-0.2, 0) is 9.53 Å². The molecule has 0 saturated heterocycles. The monoisotopic (exact) mass is 230 g/mol. The van der Waals surface area contributed by atoms with E-state index in [1.807, 2.05) is 34.6 Å². The first-order valence-electron chi connectivity index (χ1n) is 6.31. The van der Waals surface area contributed by atoms with Gasteiger partial charge in [0.15, 0.2) is 0 Å². The van der Waals surface area contributed by atoms with Crippen molar-refractivity contribution in [2.75, 3.05) is 0 Å². The standard InChI is InChI=1S/C13H26O3/c1-6-10(4)12(14)16-11(5)9-13(15,7-2)8-3/h10-11,15H,6-9H2,1-5H3. The lowest BCUT2D eigenvalue weighted by Crippen LogP contribution is -2.33. The van der Waals surface area contributed by atoms with Gasteiger partial charge in [-0.3, -0.25) is 4.79 Å². The number of ether oxygens (including phenoxy) is 1. The maximum absolute atomic E-state index is 11.5. The Bertz CT molecular complexity index is 209. The average Bonchev–Trinajstić information content (AvgIpc) is 2.27. The van der Waals surface area contributed by atoms with Gasteiger partial charge in [-0.2, -0.15) is 0 Å². The molecule has 2 unspecified atom stereocenters. The van der Waals surface area contributed by atoms with Crippen LogP contribution in [0.15, 0.2) is 0 Å². The van der Waals surface area contributed by atoms with Crippen LogP contribution in [0.25, 0.3) is 0 Å². The van der Waals surface area contributed by atoms with E-state index < -0.39 is 5.60 Å². The Morgan fingerprint density at radius 1 is 1.25 bits per heavy atom. The molecule has 0 rings (SSSR count). The molecule has 0 aliphatic carbocycles. The van der Waals surface area contributed by atoms with Crippen molar-refractivity contribution in [3.8, 4) is 0 Å². The molecule has 2 atom stereocenters. The Balaban J connectivity index is 4.17. The molecule has 3 heteroatoms. The summed E-state index contributed by atoms with van der Waals surface area (Å²) in [5.74, 6) is -0.219. The fraction of sp³-hybridized carbons (Fsp3) is 0.923. The highest BCUT2D eigenvalue weighted by atomic mass is 16.5. The maximum atomic E-state index is 11.5. The van der Waals surface area contributed by atoms with Gasteiger partial charge in [0.25, 0.3) is 0 Å². The molecular formula is C13H26O3. The van der Waals surface area contributed by atoms with Crippen LogP contribution in [0.2, 0.25) is 0 Å². The molecule has 0 fully saturated rings. The van der Waals surface area contributed by atoms with Crippen molar-refractivity contribution in [2.24, 2.45) is 5.92 Å². The predicted molar refractivity (Wildman–Crippen MR) is 65.2 cm³/mol. The quantitative estimate of drug-likeness (QED) is 0.684. The van der Waals surface area contributed by atoms with Gasteiger partial charge in [0.1, 0.15) is 6.10 Å². The Morgan fingerprint density at radius 3 is 2.12 bits per heavy atom. The minimum Gasteiger partial charge on any atom is -0.462 e. The van der Waals surface area contributed by atoms with Gasteiger partial charge in [0, 0.05) is 6.42 Å². The van der Waals surface area contributed by atoms with Gasteiger partial charge >= 0.3 is 5.97 Å². The molecule has 0 spiro atoms. The molecular weight excluding hydrogens is 204 g/mol. The van der Waals surface area contributed by atoms with Crippen LogP contribution in [0.4, 0.5) is 0 Å². The van der Waals surface area contributed by atoms with E-state index in [1.54, 1.807) is 0 Å². The van der Waals surface area contributed by atoms with Gasteiger partial charge in [0.05, 0.1) is 11.5 Å². The molecule has 0 radical (unpaired) electrons. The normalized spacial score (nSPS) is 15.6. The molecule has 3 nitrogen and oxygen atoms in total. The first-order chi connectivity index (χ1) is 7.38. The largest absolute Gasteiger partial charge is 0.462 e. The highest BCUT2D eigenvalue weighted by Crippen LogP contribution is 2.23. The highest BCUT2D eigenvalue weighted by Gasteiger charge is 2.27. The second kappa shape index (κ2) is 6.89. The van der Waals surface area contributed by atoms with Crippen LogP contribution < -0.4 is 0 Å². The maximum Gasteiger partial charge on any atom is 0.308 e. The predicted octanol–water partition coefficient (Wildman–Crippen LogP) is 2.91. The van der Waals surface area contributed by atoms with Crippen molar-refractivity contribution in [1.29, 1.82) is 0 Å². The van der Waals surface area contributed by atoms with E-state index >= 15 is 0 Å². The summed E-state index contributed by atoms with van der Waals surface area (Å²) in [7, 11) is 0. The number of carbonyl (C=O) groups is 1. The van der Waals surface area contributed by atoms with Gasteiger partial charge in [0.2, 0.25) is 0 Å². The Morgan fingerprint density at radius 2 is 1.75 bits per heavy atom. The van der Waals surface area contributed by atoms with Crippen molar-refractivity contribution in [3.63, 3.8) is 0 Å². The third-order valence-electron chi connectivity index (χ3n) is 3.32. The van der Waals surface area contributed by atoms with Crippen molar-refractivity contribution in [2.45, 2.75) is 72.0 Å². The molecule has 96 valence electrons. The fourth-order valence-electron chi connectivity index (χ4n) is 1.60. The molecule has 0 aromatic heterocycles. The van der Waals surface area contributed by atoms with E-state index in [-0.39, 0.29) is 18.0 Å². The summed E-state index contributed by atoms with van der Waals surface area (Å²) in [5.41, 5.74) is -0.699. The lowest BCUT2D eigenvalue weighted by molar-refractivity contribution is -0.155. The first-order valence-corrected chi connectivity index (χ1v) is 6.31.